The minimum atomic E-state index is -0.515. The van der Waals surface area contributed by atoms with Crippen LogP contribution in [0.25, 0.3) is 17.4 Å². The molecule has 0 aliphatic heterocycles. The van der Waals surface area contributed by atoms with E-state index in [0.717, 1.165) is 5.57 Å². The van der Waals surface area contributed by atoms with Crippen molar-refractivity contribution in [2.24, 2.45) is 5.41 Å². The van der Waals surface area contributed by atoms with Crippen LogP contribution in [-0.2, 0) is 0 Å². The quantitative estimate of drug-likeness (QED) is 0.697. The van der Waals surface area contributed by atoms with Gasteiger partial charge in [0.2, 0.25) is 11.8 Å². The summed E-state index contributed by atoms with van der Waals surface area (Å²) >= 11 is 0. The van der Waals surface area contributed by atoms with Gasteiger partial charge < -0.3 is 20.7 Å². The minimum Gasteiger partial charge on any atom is -0.479 e. The highest BCUT2D eigenvalue weighted by molar-refractivity contribution is 5.79. The van der Waals surface area contributed by atoms with E-state index in [1.165, 1.54) is 7.11 Å². The number of imidazole rings is 1. The Morgan fingerprint density at radius 2 is 2.20 bits per heavy atom. The monoisotopic (exact) mass is 277 g/mol. The number of hydrogen-bond acceptors (Lipinski definition) is 7. The number of ether oxygens (including phenoxy) is 1. The van der Waals surface area contributed by atoms with Crippen LogP contribution in [0.4, 0.5) is 5.95 Å². The Hall–Kier alpha value is -2.19. The van der Waals surface area contributed by atoms with Crippen LogP contribution >= 0.6 is 0 Å². The van der Waals surface area contributed by atoms with Crippen LogP contribution in [0.5, 0.6) is 5.88 Å². The first-order valence-corrected chi connectivity index (χ1v) is 6.10. The van der Waals surface area contributed by atoms with Crippen LogP contribution in [0.1, 0.15) is 6.42 Å². The Morgan fingerprint density at radius 1 is 1.45 bits per heavy atom. The van der Waals surface area contributed by atoms with E-state index < -0.39 is 5.41 Å². The average Bonchev–Trinajstić information content (AvgIpc) is 3.02. The van der Waals surface area contributed by atoms with Gasteiger partial charge in [0.1, 0.15) is 6.33 Å². The molecule has 0 aromatic carbocycles. The molecule has 0 unspecified atom stereocenters. The number of nitrogens with zero attached hydrogens (tertiary/aromatic N) is 4. The predicted octanol–water partition coefficient (Wildman–Crippen LogP) is -0.367. The van der Waals surface area contributed by atoms with Crippen LogP contribution in [0.15, 0.2) is 11.9 Å². The van der Waals surface area contributed by atoms with Crippen LogP contribution < -0.4 is 10.5 Å². The zero-order valence-electron chi connectivity index (χ0n) is 10.9. The largest absolute Gasteiger partial charge is 0.479 e. The van der Waals surface area contributed by atoms with Crippen molar-refractivity contribution in [2.75, 3.05) is 26.1 Å². The normalized spacial score (nSPS) is 18.6. The predicted molar refractivity (Wildman–Crippen MR) is 71.8 cm³/mol. The molecule has 2 aromatic heterocycles. The molecular weight excluding hydrogens is 262 g/mol. The lowest BCUT2D eigenvalue weighted by Crippen LogP contribution is -2.12. The molecular formula is C12H15N5O3. The van der Waals surface area contributed by atoms with E-state index in [0.29, 0.717) is 23.5 Å². The van der Waals surface area contributed by atoms with Crippen molar-refractivity contribution in [2.45, 2.75) is 6.42 Å². The van der Waals surface area contributed by atoms with Crippen molar-refractivity contribution in [3.8, 4) is 5.88 Å². The summed E-state index contributed by atoms with van der Waals surface area (Å²) in [7, 11) is 1.49. The molecule has 0 atom stereocenters. The summed E-state index contributed by atoms with van der Waals surface area (Å²) in [6, 6.07) is 0. The van der Waals surface area contributed by atoms with Crippen molar-refractivity contribution < 1.29 is 14.9 Å². The number of methoxy groups -OCH3 is 1. The fourth-order valence-corrected chi connectivity index (χ4v) is 2.18. The number of hydrogen-bond donors (Lipinski definition) is 3. The topological polar surface area (TPSA) is 119 Å². The van der Waals surface area contributed by atoms with E-state index in [1.54, 1.807) is 17.1 Å². The number of aliphatic hydroxyl groups excluding tert-OH is 2. The molecule has 0 radical (unpaired) electrons. The smallest absolute Gasteiger partial charge is 0.246 e. The third-order valence-corrected chi connectivity index (χ3v) is 3.59. The highest BCUT2D eigenvalue weighted by Crippen LogP contribution is 2.51. The van der Waals surface area contributed by atoms with Crippen LogP contribution in [0.2, 0.25) is 0 Å². The van der Waals surface area contributed by atoms with E-state index in [1.807, 2.05) is 0 Å². The molecule has 8 heteroatoms. The van der Waals surface area contributed by atoms with Gasteiger partial charge in [0.25, 0.3) is 0 Å². The molecule has 106 valence electrons. The van der Waals surface area contributed by atoms with Gasteiger partial charge in [-0.05, 0) is 12.0 Å². The zero-order chi connectivity index (χ0) is 14.3. The molecule has 1 saturated carbocycles. The maximum atomic E-state index is 9.30. The van der Waals surface area contributed by atoms with Gasteiger partial charge in [-0.2, -0.15) is 9.97 Å². The van der Waals surface area contributed by atoms with Crippen LogP contribution in [-0.4, -0.2) is 50.1 Å². The van der Waals surface area contributed by atoms with Crippen LogP contribution in [0.3, 0.4) is 0 Å². The maximum absolute atomic E-state index is 9.30. The number of nitrogen functional groups attached to an aromatic ring is 1. The molecule has 1 aliphatic rings. The Labute approximate surface area is 114 Å². The fraction of sp³-hybridized carbons (Fsp3) is 0.417. The lowest BCUT2D eigenvalue weighted by molar-refractivity contribution is 0.143. The number of fused-ring (bicyclic) bond motifs is 1. The third kappa shape index (κ3) is 1.81. The molecule has 1 aliphatic carbocycles. The van der Waals surface area contributed by atoms with Gasteiger partial charge in [-0.1, -0.05) is 0 Å². The average molecular weight is 277 g/mol. The number of nitrogens with two attached hydrogens (primary N) is 1. The molecule has 3 rings (SSSR count). The first kappa shape index (κ1) is 12.8. The van der Waals surface area contributed by atoms with Crippen molar-refractivity contribution in [3.63, 3.8) is 0 Å². The molecule has 0 saturated heterocycles. The second-order valence-electron chi connectivity index (χ2n) is 4.84. The summed E-state index contributed by atoms with van der Waals surface area (Å²) in [4.78, 5) is 12.3. The van der Waals surface area contributed by atoms with Gasteiger partial charge in [-0.25, -0.2) is 4.98 Å². The highest BCUT2D eigenvalue weighted by Gasteiger charge is 2.48. The summed E-state index contributed by atoms with van der Waals surface area (Å²) in [6.45, 7) is -0.162. The van der Waals surface area contributed by atoms with Gasteiger partial charge in [0, 0.05) is 11.6 Å². The SMILES string of the molecule is COc1nc(N)nc2c1ncn2C=C1CC1(CO)CO. The molecule has 0 spiro atoms. The molecule has 4 N–H and O–H groups in total. The number of aliphatic hydroxyl groups is 2. The Balaban J connectivity index is 2.07. The Bertz CT molecular complexity index is 690. The number of rotatable bonds is 4. The van der Waals surface area contributed by atoms with Gasteiger partial charge >= 0.3 is 0 Å². The molecule has 0 bridgehead atoms. The molecule has 2 aromatic rings. The van der Waals surface area contributed by atoms with Gasteiger partial charge in [-0.15, -0.1) is 0 Å². The zero-order valence-corrected chi connectivity index (χ0v) is 10.9. The summed E-state index contributed by atoms with van der Waals surface area (Å²) in [5.74, 6) is 0.414. The number of anilines is 1. The van der Waals surface area contributed by atoms with E-state index >= 15 is 0 Å². The third-order valence-electron chi connectivity index (χ3n) is 3.59. The number of aromatic nitrogens is 4. The van der Waals surface area contributed by atoms with Crippen molar-refractivity contribution in [1.29, 1.82) is 0 Å². The second-order valence-corrected chi connectivity index (χ2v) is 4.84. The van der Waals surface area contributed by atoms with E-state index in [-0.39, 0.29) is 19.2 Å². The van der Waals surface area contributed by atoms with Gasteiger partial charge in [0.15, 0.2) is 11.2 Å². The summed E-state index contributed by atoms with van der Waals surface area (Å²) < 4.78 is 6.81. The summed E-state index contributed by atoms with van der Waals surface area (Å²) in [6.07, 6.45) is 4.02. The second kappa shape index (κ2) is 4.43. The van der Waals surface area contributed by atoms with E-state index in [4.69, 9.17) is 10.5 Å². The van der Waals surface area contributed by atoms with E-state index in [2.05, 4.69) is 15.0 Å². The summed E-state index contributed by atoms with van der Waals surface area (Å²) in [5, 5.41) is 18.6. The van der Waals surface area contributed by atoms with Gasteiger partial charge in [-0.3, -0.25) is 4.57 Å². The molecule has 0 amide bonds. The maximum Gasteiger partial charge on any atom is 0.246 e. The fourth-order valence-electron chi connectivity index (χ4n) is 2.18. The Morgan fingerprint density at radius 3 is 2.80 bits per heavy atom. The summed E-state index contributed by atoms with van der Waals surface area (Å²) in [5.41, 5.74) is 7.10. The van der Waals surface area contributed by atoms with E-state index in [9.17, 15) is 10.2 Å². The lowest BCUT2D eigenvalue weighted by Gasteiger charge is -2.05. The standard InChI is InChI=1S/C12H15N5O3/c1-20-10-8-9(15-11(13)16-10)17(6-14-8)3-7-2-12(7,4-18)5-19/h3,6,18-19H,2,4-5H2,1H3,(H2,13,15,16). The molecule has 2 heterocycles. The highest BCUT2D eigenvalue weighted by atomic mass is 16.5. The Kier molecular flexibility index (Phi) is 2.84. The molecule has 20 heavy (non-hydrogen) atoms. The van der Waals surface area contributed by atoms with Crippen molar-refractivity contribution in [1.82, 2.24) is 19.5 Å². The lowest BCUT2D eigenvalue weighted by atomic mass is 10.1. The molecule has 8 nitrogen and oxygen atoms in total. The van der Waals surface area contributed by atoms with Crippen molar-refractivity contribution in [3.05, 3.63) is 11.9 Å². The first-order valence-electron chi connectivity index (χ1n) is 6.10. The van der Waals surface area contributed by atoms with Gasteiger partial charge in [0.05, 0.1) is 20.3 Å². The molecule has 1 fully saturated rings. The first-order chi connectivity index (χ1) is 9.63. The minimum absolute atomic E-state index is 0.0809. The van der Waals surface area contributed by atoms with Crippen LogP contribution in [0, 0.1) is 5.41 Å². The van der Waals surface area contributed by atoms with Crippen molar-refractivity contribution >= 4 is 23.3 Å².